The van der Waals surface area contributed by atoms with Crippen LogP contribution in [0.4, 0.5) is 5.69 Å². The van der Waals surface area contributed by atoms with E-state index in [1.54, 1.807) is 13.2 Å². The van der Waals surface area contributed by atoms with Gasteiger partial charge in [0.15, 0.2) is 11.5 Å². The third-order valence-corrected chi connectivity index (χ3v) is 3.88. The third-order valence-electron chi connectivity index (χ3n) is 3.88. The number of carbonyl (C=O) groups excluding carboxylic acids is 1. The molecule has 3 rings (SSSR count). The molecule has 25 heavy (non-hydrogen) atoms. The smallest absolute Gasteiger partial charge is 0.280 e. The lowest BCUT2D eigenvalue weighted by Crippen LogP contribution is -2.21. The van der Waals surface area contributed by atoms with Crippen molar-refractivity contribution in [2.45, 2.75) is 13.8 Å². The molecule has 0 aliphatic carbocycles. The quantitative estimate of drug-likeness (QED) is 0.778. The first-order chi connectivity index (χ1) is 12.2. The fourth-order valence-corrected chi connectivity index (χ4v) is 2.69. The number of amides is 1. The molecule has 128 valence electrons. The number of carbonyl (C=O) groups is 1. The average Bonchev–Trinajstić information content (AvgIpc) is 2.92. The minimum atomic E-state index is -0.158. The Morgan fingerprint density at radius 3 is 2.56 bits per heavy atom. The second kappa shape index (κ2) is 7.21. The first kappa shape index (κ1) is 16.8. The van der Waals surface area contributed by atoms with Crippen LogP contribution >= 0.6 is 0 Å². The molecule has 1 aliphatic rings. The lowest BCUT2D eigenvalue weighted by molar-refractivity contribution is -0.114. The lowest BCUT2D eigenvalue weighted by Gasteiger charge is -2.13. The summed E-state index contributed by atoms with van der Waals surface area (Å²) in [5, 5.41) is 5.81. The molecule has 5 nitrogen and oxygen atoms in total. The number of nitrogens with zero attached hydrogens (tertiary/aromatic N) is 2. The molecule has 1 heterocycles. The summed E-state index contributed by atoms with van der Waals surface area (Å²) in [6.45, 7) is 4.24. The number of anilines is 1. The Morgan fingerprint density at radius 2 is 1.88 bits per heavy atom. The second-order valence-corrected chi connectivity index (χ2v) is 5.51. The van der Waals surface area contributed by atoms with Crippen LogP contribution in [0.2, 0.25) is 0 Å². The van der Waals surface area contributed by atoms with Gasteiger partial charge >= 0.3 is 0 Å². The molecule has 5 heteroatoms. The molecule has 0 aromatic heterocycles. The third kappa shape index (κ3) is 3.26. The number of para-hydroxylation sites is 2. The Kier molecular flexibility index (Phi) is 4.84. The number of rotatable bonds is 5. The van der Waals surface area contributed by atoms with E-state index in [-0.39, 0.29) is 5.91 Å². The predicted molar refractivity (Wildman–Crippen MR) is 99.2 cm³/mol. The van der Waals surface area contributed by atoms with Crippen molar-refractivity contribution in [3.63, 3.8) is 0 Å². The molecule has 0 unspecified atom stereocenters. The summed E-state index contributed by atoms with van der Waals surface area (Å²) in [6.07, 6.45) is 1.80. The Balaban J connectivity index is 2.00. The van der Waals surface area contributed by atoms with Crippen LogP contribution in [-0.2, 0) is 4.79 Å². The highest BCUT2D eigenvalue weighted by Gasteiger charge is 2.29. The monoisotopic (exact) mass is 336 g/mol. The number of hydrogen-bond acceptors (Lipinski definition) is 4. The van der Waals surface area contributed by atoms with Crippen LogP contribution in [0.15, 0.2) is 59.2 Å². The van der Waals surface area contributed by atoms with E-state index in [2.05, 4.69) is 5.10 Å². The predicted octanol–water partition coefficient (Wildman–Crippen LogP) is 3.90. The topological polar surface area (TPSA) is 51.1 Å². The van der Waals surface area contributed by atoms with Crippen molar-refractivity contribution in [3.8, 4) is 11.5 Å². The highest BCUT2D eigenvalue weighted by Crippen LogP contribution is 2.34. The Bertz CT molecular complexity index is 841. The first-order valence-electron chi connectivity index (χ1n) is 8.12. The van der Waals surface area contributed by atoms with Gasteiger partial charge in [0.05, 0.1) is 30.7 Å². The van der Waals surface area contributed by atoms with Crippen LogP contribution in [0.25, 0.3) is 6.08 Å². The van der Waals surface area contributed by atoms with Gasteiger partial charge in [-0.3, -0.25) is 4.79 Å². The zero-order valence-electron chi connectivity index (χ0n) is 14.5. The molecule has 0 fully saturated rings. The molecule has 0 saturated heterocycles. The Morgan fingerprint density at radius 1 is 1.12 bits per heavy atom. The molecule has 2 aromatic rings. The van der Waals surface area contributed by atoms with Gasteiger partial charge in [-0.2, -0.15) is 10.1 Å². The van der Waals surface area contributed by atoms with Crippen LogP contribution in [0.3, 0.4) is 0 Å². The van der Waals surface area contributed by atoms with Crippen LogP contribution < -0.4 is 14.5 Å². The molecule has 0 spiro atoms. The molecule has 0 bridgehead atoms. The van der Waals surface area contributed by atoms with Gasteiger partial charge in [-0.05, 0) is 38.1 Å². The maximum atomic E-state index is 12.8. The van der Waals surface area contributed by atoms with Crippen LogP contribution in [0, 0.1) is 0 Å². The molecule has 1 amide bonds. The number of ether oxygens (including phenoxy) is 2. The summed E-state index contributed by atoms with van der Waals surface area (Å²) in [5.41, 5.74) is 2.73. The average molecular weight is 336 g/mol. The van der Waals surface area contributed by atoms with Gasteiger partial charge < -0.3 is 9.47 Å². The lowest BCUT2D eigenvalue weighted by atomic mass is 10.1. The number of methoxy groups -OCH3 is 1. The molecule has 2 aromatic carbocycles. The second-order valence-electron chi connectivity index (χ2n) is 5.51. The van der Waals surface area contributed by atoms with E-state index in [0.29, 0.717) is 29.4 Å². The summed E-state index contributed by atoms with van der Waals surface area (Å²) in [5.74, 6) is 1.10. The first-order valence-corrected chi connectivity index (χ1v) is 8.12. The Hall–Kier alpha value is -3.08. The fraction of sp³-hybridized carbons (Fsp3) is 0.200. The molecule has 0 atom stereocenters. The van der Waals surface area contributed by atoms with Gasteiger partial charge in [-0.25, -0.2) is 0 Å². The Labute approximate surface area is 147 Å². The van der Waals surface area contributed by atoms with Crippen molar-refractivity contribution in [3.05, 3.63) is 59.7 Å². The van der Waals surface area contributed by atoms with Crippen LogP contribution in [0.1, 0.15) is 19.4 Å². The van der Waals surface area contributed by atoms with Gasteiger partial charge in [0.25, 0.3) is 5.91 Å². The van der Waals surface area contributed by atoms with Gasteiger partial charge in [0, 0.05) is 5.56 Å². The summed E-state index contributed by atoms with van der Waals surface area (Å²) in [7, 11) is 1.60. The van der Waals surface area contributed by atoms with Crippen LogP contribution in [0.5, 0.6) is 11.5 Å². The minimum absolute atomic E-state index is 0.158. The van der Waals surface area contributed by atoms with Crippen LogP contribution in [-0.4, -0.2) is 25.3 Å². The summed E-state index contributed by atoms with van der Waals surface area (Å²) in [4.78, 5) is 12.8. The molecular formula is C20H20N2O3. The molecule has 1 aliphatic heterocycles. The van der Waals surface area contributed by atoms with E-state index < -0.39 is 0 Å². The zero-order chi connectivity index (χ0) is 17.8. The summed E-state index contributed by atoms with van der Waals surface area (Å²) in [6, 6.07) is 15.0. The van der Waals surface area contributed by atoms with E-state index in [1.807, 2.05) is 62.4 Å². The maximum Gasteiger partial charge on any atom is 0.280 e. The summed E-state index contributed by atoms with van der Waals surface area (Å²) < 4.78 is 11.1. The maximum absolute atomic E-state index is 12.8. The minimum Gasteiger partial charge on any atom is -0.493 e. The van der Waals surface area contributed by atoms with E-state index in [4.69, 9.17) is 9.47 Å². The van der Waals surface area contributed by atoms with Crippen molar-refractivity contribution < 1.29 is 14.3 Å². The largest absolute Gasteiger partial charge is 0.493 e. The van der Waals surface area contributed by atoms with Gasteiger partial charge in [-0.15, -0.1) is 0 Å². The number of hydrazone groups is 1. The number of benzene rings is 2. The SMILES string of the molecule is CCOc1c(/C=C2\C(=O)N(c3ccccc3)N=C2C)cccc1OC. The molecule has 0 radical (unpaired) electrons. The fourth-order valence-electron chi connectivity index (χ4n) is 2.69. The van der Waals surface area contributed by atoms with E-state index >= 15 is 0 Å². The normalized spacial score (nSPS) is 15.5. The molecule has 0 saturated carbocycles. The highest BCUT2D eigenvalue weighted by atomic mass is 16.5. The van der Waals surface area contributed by atoms with Gasteiger partial charge in [-0.1, -0.05) is 30.3 Å². The molecule has 0 N–H and O–H groups in total. The van der Waals surface area contributed by atoms with Crippen molar-refractivity contribution >= 4 is 23.4 Å². The van der Waals surface area contributed by atoms with Crippen molar-refractivity contribution in [1.82, 2.24) is 0 Å². The van der Waals surface area contributed by atoms with E-state index in [1.165, 1.54) is 5.01 Å². The summed E-state index contributed by atoms with van der Waals surface area (Å²) >= 11 is 0. The van der Waals surface area contributed by atoms with E-state index in [0.717, 1.165) is 11.3 Å². The van der Waals surface area contributed by atoms with Gasteiger partial charge in [0.2, 0.25) is 0 Å². The van der Waals surface area contributed by atoms with Crippen molar-refractivity contribution in [2.75, 3.05) is 18.7 Å². The van der Waals surface area contributed by atoms with Crippen molar-refractivity contribution in [2.24, 2.45) is 5.10 Å². The standard InChI is InChI=1S/C20H20N2O3/c1-4-25-19-15(9-8-12-18(19)24-3)13-17-14(2)21-22(20(17)23)16-10-6-5-7-11-16/h5-13H,4H2,1-3H3/b17-13-. The zero-order valence-corrected chi connectivity index (χ0v) is 14.5. The number of hydrogen-bond donors (Lipinski definition) is 0. The molecular weight excluding hydrogens is 316 g/mol. The van der Waals surface area contributed by atoms with E-state index in [9.17, 15) is 4.79 Å². The van der Waals surface area contributed by atoms with Gasteiger partial charge in [0.1, 0.15) is 0 Å². The van der Waals surface area contributed by atoms with Crippen molar-refractivity contribution in [1.29, 1.82) is 0 Å². The highest BCUT2D eigenvalue weighted by molar-refractivity contribution is 6.32.